The molecule has 2 aromatic heterocycles. The molecule has 0 atom stereocenters. The maximum Gasteiger partial charge on any atom is 0.291 e. The first-order valence-electron chi connectivity index (χ1n) is 9.37. The molecule has 146 valence electrons. The number of rotatable bonds is 6. The van der Waals surface area contributed by atoms with Crippen LogP contribution in [0.2, 0.25) is 0 Å². The minimum absolute atomic E-state index is 0.279. The first kappa shape index (κ1) is 18.5. The fourth-order valence-electron chi connectivity index (χ4n) is 2.97. The molecule has 0 aliphatic carbocycles. The SMILES string of the molecule is CCNc1cc(Nc2ccc(NC(=O)c3cc4ccccc4o3)cc2)nc(C)n1. The Hall–Kier alpha value is -3.87. The molecule has 7 nitrogen and oxygen atoms in total. The lowest BCUT2D eigenvalue weighted by Crippen LogP contribution is -2.10. The quantitative estimate of drug-likeness (QED) is 0.433. The van der Waals surface area contributed by atoms with Gasteiger partial charge in [-0.2, -0.15) is 0 Å². The van der Waals surface area contributed by atoms with Crippen molar-refractivity contribution >= 4 is 39.9 Å². The highest BCUT2D eigenvalue weighted by atomic mass is 16.3. The molecule has 0 aliphatic heterocycles. The Morgan fingerprint density at radius 3 is 2.45 bits per heavy atom. The van der Waals surface area contributed by atoms with Crippen molar-refractivity contribution in [3.8, 4) is 0 Å². The van der Waals surface area contributed by atoms with Crippen LogP contribution in [0.3, 0.4) is 0 Å². The molecular formula is C22H21N5O2. The molecule has 0 saturated carbocycles. The van der Waals surface area contributed by atoms with Gasteiger partial charge in [0.05, 0.1) is 0 Å². The van der Waals surface area contributed by atoms with Crippen LogP contribution < -0.4 is 16.0 Å². The molecule has 0 bridgehead atoms. The van der Waals surface area contributed by atoms with Crippen LogP contribution in [0.25, 0.3) is 11.0 Å². The van der Waals surface area contributed by atoms with E-state index in [0.717, 1.165) is 23.4 Å². The maximum atomic E-state index is 12.5. The Morgan fingerprint density at radius 1 is 0.966 bits per heavy atom. The third kappa shape index (κ3) is 4.35. The Labute approximate surface area is 168 Å². The second-order valence-corrected chi connectivity index (χ2v) is 6.52. The lowest BCUT2D eigenvalue weighted by Gasteiger charge is -2.10. The fourth-order valence-corrected chi connectivity index (χ4v) is 2.97. The number of benzene rings is 2. The van der Waals surface area contributed by atoms with Crippen molar-refractivity contribution in [3.05, 3.63) is 72.2 Å². The summed E-state index contributed by atoms with van der Waals surface area (Å²) in [5, 5.41) is 10.2. The van der Waals surface area contributed by atoms with Gasteiger partial charge in [-0.3, -0.25) is 4.79 Å². The van der Waals surface area contributed by atoms with Gasteiger partial charge in [-0.15, -0.1) is 0 Å². The van der Waals surface area contributed by atoms with E-state index in [4.69, 9.17) is 4.42 Å². The Morgan fingerprint density at radius 2 is 1.69 bits per heavy atom. The molecular weight excluding hydrogens is 366 g/mol. The topological polar surface area (TPSA) is 92.1 Å². The smallest absolute Gasteiger partial charge is 0.291 e. The van der Waals surface area contributed by atoms with E-state index in [1.54, 1.807) is 6.07 Å². The first-order chi connectivity index (χ1) is 14.1. The molecule has 4 rings (SSSR count). The number of carbonyl (C=O) groups is 1. The molecule has 4 aromatic rings. The van der Waals surface area contributed by atoms with E-state index >= 15 is 0 Å². The molecule has 7 heteroatoms. The number of carbonyl (C=O) groups excluding carboxylic acids is 1. The Kier molecular flexibility index (Phi) is 5.11. The summed E-state index contributed by atoms with van der Waals surface area (Å²) in [5.41, 5.74) is 2.22. The second kappa shape index (κ2) is 8.02. The number of fused-ring (bicyclic) bond motifs is 1. The average Bonchev–Trinajstić information content (AvgIpc) is 3.14. The van der Waals surface area contributed by atoms with E-state index in [2.05, 4.69) is 25.9 Å². The predicted molar refractivity (Wildman–Crippen MR) is 115 cm³/mol. The summed E-state index contributed by atoms with van der Waals surface area (Å²) in [6.07, 6.45) is 0. The van der Waals surface area contributed by atoms with E-state index in [9.17, 15) is 4.79 Å². The number of anilines is 4. The van der Waals surface area contributed by atoms with Crippen LogP contribution in [0.5, 0.6) is 0 Å². The molecule has 29 heavy (non-hydrogen) atoms. The van der Waals surface area contributed by atoms with Crippen molar-refractivity contribution in [2.24, 2.45) is 0 Å². The van der Waals surface area contributed by atoms with Gasteiger partial charge in [-0.25, -0.2) is 9.97 Å². The van der Waals surface area contributed by atoms with Gasteiger partial charge in [-0.1, -0.05) is 18.2 Å². The van der Waals surface area contributed by atoms with E-state index < -0.39 is 0 Å². The van der Waals surface area contributed by atoms with Crippen molar-refractivity contribution in [1.29, 1.82) is 0 Å². The highest BCUT2D eigenvalue weighted by Gasteiger charge is 2.12. The lowest BCUT2D eigenvalue weighted by molar-refractivity contribution is 0.0998. The summed E-state index contributed by atoms with van der Waals surface area (Å²) in [4.78, 5) is 21.2. The van der Waals surface area contributed by atoms with Crippen LogP contribution in [0, 0.1) is 6.92 Å². The monoisotopic (exact) mass is 387 g/mol. The maximum absolute atomic E-state index is 12.5. The van der Waals surface area contributed by atoms with Gasteiger partial charge < -0.3 is 20.4 Å². The van der Waals surface area contributed by atoms with Gasteiger partial charge >= 0.3 is 0 Å². The lowest BCUT2D eigenvalue weighted by atomic mass is 10.2. The van der Waals surface area contributed by atoms with Crippen LogP contribution in [0.4, 0.5) is 23.0 Å². The number of amides is 1. The third-order valence-corrected chi connectivity index (χ3v) is 4.26. The van der Waals surface area contributed by atoms with Crippen LogP contribution in [-0.4, -0.2) is 22.4 Å². The molecule has 2 heterocycles. The summed E-state index contributed by atoms with van der Waals surface area (Å²) >= 11 is 0. The van der Waals surface area contributed by atoms with Crippen molar-refractivity contribution in [3.63, 3.8) is 0 Å². The van der Waals surface area contributed by atoms with Gasteiger partial charge in [-0.05, 0) is 50.2 Å². The number of aromatic nitrogens is 2. The number of nitrogens with one attached hydrogen (secondary N) is 3. The van der Waals surface area contributed by atoms with Crippen LogP contribution in [-0.2, 0) is 0 Å². The molecule has 0 fully saturated rings. The predicted octanol–water partition coefficient (Wildman–Crippen LogP) is 4.96. The number of para-hydroxylation sites is 1. The minimum Gasteiger partial charge on any atom is -0.451 e. The highest BCUT2D eigenvalue weighted by molar-refractivity contribution is 6.04. The van der Waals surface area contributed by atoms with Crippen LogP contribution in [0.1, 0.15) is 23.3 Å². The van der Waals surface area contributed by atoms with Gasteiger partial charge in [0.1, 0.15) is 23.0 Å². The molecule has 0 saturated heterocycles. The number of hydrogen-bond acceptors (Lipinski definition) is 6. The number of hydrogen-bond donors (Lipinski definition) is 3. The van der Waals surface area contributed by atoms with Crippen LogP contribution in [0.15, 0.2) is 65.1 Å². The zero-order chi connectivity index (χ0) is 20.2. The summed E-state index contributed by atoms with van der Waals surface area (Å²) in [7, 11) is 0. The standard InChI is InChI=1S/C22H21N5O2/c1-3-23-20-13-21(25-14(2)24-20)26-16-8-10-17(11-9-16)27-22(28)19-12-15-6-4-5-7-18(15)29-19/h4-13H,3H2,1-2H3,(H,27,28)(H2,23,24,25,26). The molecule has 0 unspecified atom stereocenters. The third-order valence-electron chi connectivity index (χ3n) is 4.26. The van der Waals surface area contributed by atoms with Crippen molar-refractivity contribution in [2.75, 3.05) is 22.5 Å². The number of nitrogens with zero attached hydrogens (tertiary/aromatic N) is 2. The van der Waals surface area contributed by atoms with Gasteiger partial charge in [0, 0.05) is 29.4 Å². The molecule has 2 aromatic carbocycles. The first-order valence-corrected chi connectivity index (χ1v) is 9.37. The van der Waals surface area contributed by atoms with E-state index in [0.29, 0.717) is 22.9 Å². The van der Waals surface area contributed by atoms with E-state index in [1.165, 1.54) is 0 Å². The number of furan rings is 1. The fraction of sp³-hybridized carbons (Fsp3) is 0.136. The Balaban J connectivity index is 1.44. The molecule has 1 amide bonds. The van der Waals surface area contributed by atoms with Crippen molar-refractivity contribution in [2.45, 2.75) is 13.8 Å². The second-order valence-electron chi connectivity index (χ2n) is 6.52. The van der Waals surface area contributed by atoms with Crippen molar-refractivity contribution < 1.29 is 9.21 Å². The zero-order valence-electron chi connectivity index (χ0n) is 16.2. The molecule has 0 spiro atoms. The van der Waals surface area contributed by atoms with E-state index in [-0.39, 0.29) is 11.7 Å². The van der Waals surface area contributed by atoms with Gasteiger partial charge in [0.25, 0.3) is 5.91 Å². The van der Waals surface area contributed by atoms with Gasteiger partial charge in [0.2, 0.25) is 0 Å². The summed E-state index contributed by atoms with van der Waals surface area (Å²) in [6, 6.07) is 18.5. The minimum atomic E-state index is -0.288. The summed E-state index contributed by atoms with van der Waals surface area (Å²) < 4.78 is 5.60. The molecule has 0 aliphatic rings. The van der Waals surface area contributed by atoms with Gasteiger partial charge in [0.15, 0.2) is 5.76 Å². The van der Waals surface area contributed by atoms with Crippen LogP contribution >= 0.6 is 0 Å². The summed E-state index contributed by atoms with van der Waals surface area (Å²) in [5.74, 6) is 2.15. The Bertz CT molecular complexity index is 1120. The molecule has 3 N–H and O–H groups in total. The van der Waals surface area contributed by atoms with Crippen molar-refractivity contribution in [1.82, 2.24) is 9.97 Å². The highest BCUT2D eigenvalue weighted by Crippen LogP contribution is 2.22. The average molecular weight is 387 g/mol. The number of aryl methyl sites for hydroxylation is 1. The zero-order valence-corrected chi connectivity index (χ0v) is 16.2. The largest absolute Gasteiger partial charge is 0.451 e. The normalized spacial score (nSPS) is 10.7. The van der Waals surface area contributed by atoms with E-state index in [1.807, 2.05) is 68.4 Å². The summed E-state index contributed by atoms with van der Waals surface area (Å²) in [6.45, 7) is 4.65. The molecule has 0 radical (unpaired) electrons.